The Kier molecular flexibility index (Phi) is 6.34. The molecule has 1 aliphatic rings. The highest BCUT2D eigenvalue weighted by Gasteiger charge is 2.23. The van der Waals surface area contributed by atoms with Gasteiger partial charge in [-0.2, -0.15) is 0 Å². The Bertz CT molecular complexity index is 3080. The molecule has 0 amide bonds. The van der Waals surface area contributed by atoms with Crippen molar-refractivity contribution in [3.8, 4) is 22.3 Å². The van der Waals surface area contributed by atoms with Crippen LogP contribution in [-0.4, -0.2) is 0 Å². The van der Waals surface area contributed by atoms with E-state index in [1.807, 2.05) is 12.1 Å². The number of rotatable bonds is 5. The van der Waals surface area contributed by atoms with Crippen molar-refractivity contribution in [1.29, 1.82) is 0 Å². The lowest BCUT2D eigenvalue weighted by Gasteiger charge is -2.28. The van der Waals surface area contributed by atoms with Crippen molar-refractivity contribution in [2.45, 2.75) is 12.8 Å². The van der Waals surface area contributed by atoms with Crippen molar-refractivity contribution in [1.82, 2.24) is 0 Å². The van der Waals surface area contributed by atoms with Crippen molar-refractivity contribution >= 4 is 77.2 Å². The molecule has 4 nitrogen and oxygen atoms in total. The molecule has 7 aromatic carbocycles. The van der Waals surface area contributed by atoms with E-state index < -0.39 is 0 Å². The number of hydrogen-bond donors (Lipinski definition) is 0. The molecule has 1 aliphatic carbocycles. The smallest absolute Gasteiger partial charge is 0.143 e. The summed E-state index contributed by atoms with van der Waals surface area (Å²) in [6.45, 7) is 0. The fraction of sp³-hybridized carbons (Fsp3) is 0.0417. The van der Waals surface area contributed by atoms with E-state index in [2.05, 4.69) is 157 Å². The molecule has 0 N–H and O–H groups in total. The molecule has 0 saturated heterocycles. The molecule has 246 valence electrons. The first-order valence-corrected chi connectivity index (χ1v) is 17.8. The summed E-state index contributed by atoms with van der Waals surface area (Å²) in [4.78, 5) is 2.35. The van der Waals surface area contributed by atoms with Gasteiger partial charge in [-0.25, -0.2) is 0 Å². The maximum absolute atomic E-state index is 6.80. The Morgan fingerprint density at radius 2 is 1.06 bits per heavy atom. The first-order valence-electron chi connectivity index (χ1n) is 17.8. The van der Waals surface area contributed by atoms with Crippen molar-refractivity contribution in [3.63, 3.8) is 0 Å². The third kappa shape index (κ3) is 4.41. The zero-order valence-corrected chi connectivity index (χ0v) is 28.2. The van der Waals surface area contributed by atoms with Crippen LogP contribution in [0.2, 0.25) is 0 Å². The van der Waals surface area contributed by atoms with Crippen molar-refractivity contribution in [2.75, 3.05) is 4.90 Å². The molecule has 0 unspecified atom stereocenters. The van der Waals surface area contributed by atoms with E-state index in [0.717, 1.165) is 112 Å². The van der Waals surface area contributed by atoms with Gasteiger partial charge in [0.05, 0.1) is 11.1 Å². The Morgan fingerprint density at radius 1 is 0.442 bits per heavy atom. The van der Waals surface area contributed by atoms with Gasteiger partial charge in [0.15, 0.2) is 0 Å². The summed E-state index contributed by atoms with van der Waals surface area (Å²) < 4.78 is 19.6. The summed E-state index contributed by atoms with van der Waals surface area (Å²) >= 11 is 0. The molecule has 3 heterocycles. The Hall–Kier alpha value is -6.78. The third-order valence-corrected chi connectivity index (χ3v) is 10.5. The van der Waals surface area contributed by atoms with E-state index >= 15 is 0 Å². The molecular weight excluding hydrogens is 639 g/mol. The van der Waals surface area contributed by atoms with Gasteiger partial charge in [0.25, 0.3) is 0 Å². The second kappa shape index (κ2) is 11.4. The molecule has 3 aromatic heterocycles. The molecule has 0 bridgehead atoms. The van der Waals surface area contributed by atoms with E-state index in [9.17, 15) is 0 Å². The van der Waals surface area contributed by atoms with E-state index in [0.29, 0.717) is 0 Å². The summed E-state index contributed by atoms with van der Waals surface area (Å²) in [5.74, 6) is 0. The van der Waals surface area contributed by atoms with Crippen LogP contribution < -0.4 is 4.90 Å². The second-order valence-corrected chi connectivity index (χ2v) is 13.5. The van der Waals surface area contributed by atoms with E-state index in [1.54, 1.807) is 0 Å². The molecule has 0 fully saturated rings. The zero-order chi connectivity index (χ0) is 34.2. The summed E-state index contributed by atoms with van der Waals surface area (Å²) in [5.41, 5.74) is 12.9. The van der Waals surface area contributed by atoms with Gasteiger partial charge in [-0.05, 0) is 84.6 Å². The molecule has 10 aromatic rings. The second-order valence-electron chi connectivity index (χ2n) is 13.5. The van der Waals surface area contributed by atoms with Crippen LogP contribution in [0.15, 0.2) is 183 Å². The number of para-hydroxylation sites is 4. The lowest BCUT2D eigenvalue weighted by molar-refractivity contribution is 0.665. The van der Waals surface area contributed by atoms with E-state index in [4.69, 9.17) is 13.3 Å². The highest BCUT2D eigenvalue weighted by Crippen LogP contribution is 2.46. The monoisotopic (exact) mass is 669 g/mol. The molecule has 52 heavy (non-hydrogen) atoms. The number of furan rings is 3. The summed E-state index contributed by atoms with van der Waals surface area (Å²) in [6.07, 6.45) is 8.88. The summed E-state index contributed by atoms with van der Waals surface area (Å²) in [6, 6.07) is 50.9. The largest absolute Gasteiger partial charge is 0.456 e. The SMILES string of the molecule is C1=CC(N(c2ccccc2)c2cccc3oc4c(-c5cccc6c5oc5ccc(-c7ccc8oc9ccccc9c8c7)cc56)cccc4c23)=CCC1. The number of nitrogens with zero attached hydrogens (tertiary/aromatic N) is 1. The number of hydrogen-bond acceptors (Lipinski definition) is 4. The van der Waals surface area contributed by atoms with Crippen LogP contribution in [0.5, 0.6) is 0 Å². The average molecular weight is 670 g/mol. The molecule has 0 atom stereocenters. The predicted octanol–water partition coefficient (Wildman–Crippen LogP) is 14.1. The molecule has 11 rings (SSSR count). The molecule has 0 radical (unpaired) electrons. The summed E-state index contributed by atoms with van der Waals surface area (Å²) in [7, 11) is 0. The molecule has 4 heteroatoms. The maximum atomic E-state index is 6.80. The Labute approximate surface area is 299 Å². The molecule has 0 aliphatic heterocycles. The Morgan fingerprint density at radius 3 is 1.85 bits per heavy atom. The first-order chi connectivity index (χ1) is 25.8. The maximum Gasteiger partial charge on any atom is 0.143 e. The minimum Gasteiger partial charge on any atom is -0.456 e. The van der Waals surface area contributed by atoms with Gasteiger partial charge in [0.1, 0.15) is 33.5 Å². The van der Waals surface area contributed by atoms with Gasteiger partial charge in [0.2, 0.25) is 0 Å². The van der Waals surface area contributed by atoms with Gasteiger partial charge in [0, 0.05) is 49.4 Å². The molecule has 0 saturated carbocycles. The standard InChI is InChI=1S/C48H31NO3/c1-3-12-32(13-4-1)49(33-14-5-2-6-15-33)41-21-11-23-45-46(41)38-20-10-18-36(48(38)52-45)35-17-9-19-37-40-29-31(25-27-44(40)51-47(35)37)30-24-26-43-39(28-30)34-16-7-8-22-42(34)50-43/h1,3-5,7-29H,2,6H2. The van der Waals surface area contributed by atoms with Gasteiger partial charge in [-0.15, -0.1) is 0 Å². The van der Waals surface area contributed by atoms with Crippen LogP contribution in [0.4, 0.5) is 11.4 Å². The van der Waals surface area contributed by atoms with E-state index in [-0.39, 0.29) is 0 Å². The van der Waals surface area contributed by atoms with Gasteiger partial charge in [-0.1, -0.05) is 103 Å². The summed E-state index contributed by atoms with van der Waals surface area (Å²) in [5, 5.41) is 6.56. The highest BCUT2D eigenvalue weighted by molar-refractivity contribution is 6.18. The number of allylic oxidation sites excluding steroid dienone is 3. The van der Waals surface area contributed by atoms with Gasteiger partial charge in [-0.3, -0.25) is 0 Å². The average Bonchev–Trinajstić information content (AvgIpc) is 3.90. The molecule has 0 spiro atoms. The van der Waals surface area contributed by atoms with Crippen LogP contribution in [0, 0.1) is 0 Å². The minimum atomic E-state index is 0.848. The minimum absolute atomic E-state index is 0.848. The topological polar surface area (TPSA) is 42.7 Å². The lowest BCUT2D eigenvalue weighted by atomic mass is 9.98. The normalized spacial score (nSPS) is 13.3. The first kappa shape index (κ1) is 29.0. The van der Waals surface area contributed by atoms with Crippen molar-refractivity contribution in [2.24, 2.45) is 0 Å². The van der Waals surface area contributed by atoms with E-state index in [1.165, 1.54) is 5.70 Å². The lowest BCUT2D eigenvalue weighted by Crippen LogP contribution is -2.16. The number of benzene rings is 7. The van der Waals surface area contributed by atoms with Crippen LogP contribution in [0.1, 0.15) is 12.8 Å². The highest BCUT2D eigenvalue weighted by atomic mass is 16.3. The van der Waals surface area contributed by atoms with Crippen LogP contribution in [0.25, 0.3) is 88.1 Å². The van der Waals surface area contributed by atoms with Crippen LogP contribution in [-0.2, 0) is 0 Å². The fourth-order valence-electron chi connectivity index (χ4n) is 8.09. The Balaban J connectivity index is 1.07. The predicted molar refractivity (Wildman–Crippen MR) is 214 cm³/mol. The van der Waals surface area contributed by atoms with Gasteiger partial charge >= 0.3 is 0 Å². The van der Waals surface area contributed by atoms with Crippen molar-refractivity contribution in [3.05, 3.63) is 170 Å². The third-order valence-electron chi connectivity index (χ3n) is 10.5. The van der Waals surface area contributed by atoms with Gasteiger partial charge < -0.3 is 18.2 Å². The zero-order valence-electron chi connectivity index (χ0n) is 28.2. The van der Waals surface area contributed by atoms with Crippen molar-refractivity contribution < 1.29 is 13.3 Å². The van der Waals surface area contributed by atoms with Crippen LogP contribution >= 0.6 is 0 Å². The van der Waals surface area contributed by atoms with Crippen LogP contribution in [0.3, 0.4) is 0 Å². The molecular formula is C48H31NO3. The fourth-order valence-corrected chi connectivity index (χ4v) is 8.09. The quantitative estimate of drug-likeness (QED) is 0.183. The number of fused-ring (bicyclic) bond motifs is 9. The number of anilines is 2.